The molecular formula is C16H29NO2. The van der Waals surface area contributed by atoms with Crippen molar-refractivity contribution in [2.45, 2.75) is 70.9 Å². The van der Waals surface area contributed by atoms with E-state index >= 15 is 0 Å². The third-order valence-electron chi connectivity index (χ3n) is 4.90. The molecule has 0 heterocycles. The second-order valence-corrected chi connectivity index (χ2v) is 6.78. The summed E-state index contributed by atoms with van der Waals surface area (Å²) < 4.78 is 4.98. The Morgan fingerprint density at radius 3 is 2.00 bits per heavy atom. The van der Waals surface area contributed by atoms with E-state index in [0.717, 1.165) is 18.3 Å². The van der Waals surface area contributed by atoms with Crippen molar-refractivity contribution in [3.63, 3.8) is 0 Å². The van der Waals surface area contributed by atoms with Crippen LogP contribution >= 0.6 is 0 Å². The van der Waals surface area contributed by atoms with E-state index in [1.54, 1.807) is 0 Å². The Balaban J connectivity index is 1.96. The Kier molecular flexibility index (Phi) is 5.26. The van der Waals surface area contributed by atoms with Crippen LogP contribution in [0.4, 0.5) is 0 Å². The average Bonchev–Trinajstić information content (AvgIpc) is 2.21. The van der Waals surface area contributed by atoms with E-state index in [0.29, 0.717) is 12.0 Å². The molecule has 19 heavy (non-hydrogen) atoms. The SMILES string of the molecule is COC(=O)C(CC(C)C)NC(C1CCC1)C1CCC1. The molecule has 1 N–H and O–H groups in total. The van der Waals surface area contributed by atoms with Crippen molar-refractivity contribution < 1.29 is 9.53 Å². The van der Waals surface area contributed by atoms with E-state index in [1.807, 2.05) is 0 Å². The van der Waals surface area contributed by atoms with Crippen molar-refractivity contribution in [1.29, 1.82) is 0 Å². The van der Waals surface area contributed by atoms with Crippen LogP contribution in [0, 0.1) is 17.8 Å². The lowest BCUT2D eigenvalue weighted by molar-refractivity contribution is -0.144. The third-order valence-corrected chi connectivity index (χ3v) is 4.90. The molecule has 1 atom stereocenters. The van der Waals surface area contributed by atoms with Gasteiger partial charge in [-0.1, -0.05) is 26.7 Å². The van der Waals surface area contributed by atoms with Gasteiger partial charge in [0.2, 0.25) is 0 Å². The highest BCUT2D eigenvalue weighted by Crippen LogP contribution is 2.40. The molecular weight excluding hydrogens is 238 g/mol. The van der Waals surface area contributed by atoms with Crippen LogP contribution in [-0.2, 0) is 9.53 Å². The highest BCUT2D eigenvalue weighted by molar-refractivity contribution is 5.75. The molecule has 0 aromatic carbocycles. The normalized spacial score (nSPS) is 22.2. The summed E-state index contributed by atoms with van der Waals surface area (Å²) in [4.78, 5) is 12.0. The fourth-order valence-electron chi connectivity index (χ4n) is 3.33. The van der Waals surface area contributed by atoms with Gasteiger partial charge in [0, 0.05) is 6.04 Å². The second-order valence-electron chi connectivity index (χ2n) is 6.78. The second kappa shape index (κ2) is 6.74. The molecule has 2 aliphatic rings. The average molecular weight is 267 g/mol. The molecule has 1 unspecified atom stereocenters. The van der Waals surface area contributed by atoms with Crippen LogP contribution in [0.2, 0.25) is 0 Å². The fraction of sp³-hybridized carbons (Fsp3) is 0.938. The summed E-state index contributed by atoms with van der Waals surface area (Å²) >= 11 is 0. The predicted molar refractivity (Wildman–Crippen MR) is 76.9 cm³/mol. The number of rotatable bonds is 7. The zero-order chi connectivity index (χ0) is 13.8. The lowest BCUT2D eigenvalue weighted by Gasteiger charge is -2.44. The number of hydrogen-bond acceptors (Lipinski definition) is 3. The van der Waals surface area contributed by atoms with Gasteiger partial charge in [0.1, 0.15) is 6.04 Å². The first-order chi connectivity index (χ1) is 9.11. The summed E-state index contributed by atoms with van der Waals surface area (Å²) in [6.07, 6.45) is 8.95. The first-order valence-electron chi connectivity index (χ1n) is 7.95. The smallest absolute Gasteiger partial charge is 0.322 e. The first-order valence-corrected chi connectivity index (χ1v) is 7.95. The molecule has 110 valence electrons. The molecule has 2 aliphatic carbocycles. The number of nitrogens with one attached hydrogen (secondary N) is 1. The van der Waals surface area contributed by atoms with Gasteiger partial charge in [-0.05, 0) is 49.9 Å². The number of methoxy groups -OCH3 is 1. The fourth-order valence-corrected chi connectivity index (χ4v) is 3.33. The van der Waals surface area contributed by atoms with Crippen molar-refractivity contribution in [2.24, 2.45) is 17.8 Å². The number of carbonyl (C=O) groups excluding carboxylic acids is 1. The molecule has 3 nitrogen and oxygen atoms in total. The molecule has 0 aliphatic heterocycles. The maximum Gasteiger partial charge on any atom is 0.322 e. The monoisotopic (exact) mass is 267 g/mol. The highest BCUT2D eigenvalue weighted by Gasteiger charge is 2.38. The molecule has 0 saturated heterocycles. The minimum absolute atomic E-state index is 0.0858. The lowest BCUT2D eigenvalue weighted by atomic mass is 9.68. The van der Waals surface area contributed by atoms with Crippen LogP contribution < -0.4 is 5.32 Å². The van der Waals surface area contributed by atoms with E-state index < -0.39 is 0 Å². The summed E-state index contributed by atoms with van der Waals surface area (Å²) in [5.74, 6) is 2.02. The minimum atomic E-state index is -0.115. The lowest BCUT2D eigenvalue weighted by Crippen LogP contribution is -2.53. The van der Waals surface area contributed by atoms with Gasteiger partial charge in [-0.2, -0.15) is 0 Å². The van der Waals surface area contributed by atoms with Crippen LogP contribution in [0.1, 0.15) is 58.8 Å². The Hall–Kier alpha value is -0.570. The van der Waals surface area contributed by atoms with Gasteiger partial charge >= 0.3 is 5.97 Å². The zero-order valence-electron chi connectivity index (χ0n) is 12.7. The Labute approximate surface area is 117 Å². The summed E-state index contributed by atoms with van der Waals surface area (Å²) in [6.45, 7) is 4.33. The summed E-state index contributed by atoms with van der Waals surface area (Å²) in [7, 11) is 1.50. The van der Waals surface area contributed by atoms with Crippen LogP contribution in [-0.4, -0.2) is 25.2 Å². The van der Waals surface area contributed by atoms with Gasteiger partial charge < -0.3 is 10.1 Å². The van der Waals surface area contributed by atoms with Crippen LogP contribution in [0.3, 0.4) is 0 Å². The van der Waals surface area contributed by atoms with E-state index in [2.05, 4.69) is 19.2 Å². The maximum absolute atomic E-state index is 12.0. The van der Waals surface area contributed by atoms with Crippen LogP contribution in [0.25, 0.3) is 0 Å². The molecule has 0 aromatic rings. The van der Waals surface area contributed by atoms with Gasteiger partial charge in [-0.3, -0.25) is 4.79 Å². The molecule has 3 heteroatoms. The predicted octanol–water partition coefficient (Wildman–Crippen LogP) is 3.13. The quantitative estimate of drug-likeness (QED) is 0.720. The van der Waals surface area contributed by atoms with Crippen molar-refractivity contribution in [3.05, 3.63) is 0 Å². The van der Waals surface area contributed by atoms with Crippen molar-refractivity contribution in [1.82, 2.24) is 5.32 Å². The Morgan fingerprint density at radius 2 is 1.68 bits per heavy atom. The van der Waals surface area contributed by atoms with Crippen LogP contribution in [0.15, 0.2) is 0 Å². The van der Waals surface area contributed by atoms with Gasteiger partial charge in [-0.15, -0.1) is 0 Å². The minimum Gasteiger partial charge on any atom is -0.468 e. The van der Waals surface area contributed by atoms with E-state index in [4.69, 9.17) is 4.74 Å². The topological polar surface area (TPSA) is 38.3 Å². The summed E-state index contributed by atoms with van der Waals surface area (Å²) in [5.41, 5.74) is 0. The molecule has 0 amide bonds. The molecule has 0 aromatic heterocycles. The van der Waals surface area contributed by atoms with Gasteiger partial charge in [0.25, 0.3) is 0 Å². The van der Waals surface area contributed by atoms with Crippen molar-refractivity contribution >= 4 is 5.97 Å². The number of hydrogen-bond donors (Lipinski definition) is 1. The molecule has 0 radical (unpaired) electrons. The summed E-state index contributed by atoms with van der Waals surface area (Å²) in [6, 6.07) is 0.432. The largest absolute Gasteiger partial charge is 0.468 e. The zero-order valence-corrected chi connectivity index (χ0v) is 12.7. The molecule has 0 spiro atoms. The van der Waals surface area contributed by atoms with E-state index in [1.165, 1.54) is 45.6 Å². The third kappa shape index (κ3) is 3.71. The Bertz CT molecular complexity index is 281. The molecule has 2 fully saturated rings. The van der Waals surface area contributed by atoms with E-state index in [-0.39, 0.29) is 12.0 Å². The van der Waals surface area contributed by atoms with E-state index in [9.17, 15) is 4.79 Å². The van der Waals surface area contributed by atoms with Gasteiger partial charge in [0.05, 0.1) is 7.11 Å². The standard InChI is InChI=1S/C16H29NO2/c1-11(2)10-14(16(18)19-3)17-15(12-6-4-7-12)13-8-5-9-13/h11-15,17H,4-10H2,1-3H3. The Morgan fingerprint density at radius 1 is 1.16 bits per heavy atom. The number of esters is 1. The maximum atomic E-state index is 12.0. The number of carbonyl (C=O) groups is 1. The molecule has 2 saturated carbocycles. The molecule has 2 rings (SSSR count). The summed E-state index contributed by atoms with van der Waals surface area (Å²) in [5, 5.41) is 3.67. The highest BCUT2D eigenvalue weighted by atomic mass is 16.5. The molecule has 0 bridgehead atoms. The van der Waals surface area contributed by atoms with Gasteiger partial charge in [-0.25, -0.2) is 0 Å². The van der Waals surface area contributed by atoms with Gasteiger partial charge in [0.15, 0.2) is 0 Å². The van der Waals surface area contributed by atoms with Crippen molar-refractivity contribution in [3.8, 4) is 0 Å². The number of ether oxygens (including phenoxy) is 1. The van der Waals surface area contributed by atoms with Crippen LogP contribution in [0.5, 0.6) is 0 Å². The van der Waals surface area contributed by atoms with Crippen molar-refractivity contribution in [2.75, 3.05) is 7.11 Å². The first kappa shape index (κ1) is 14.8.